The van der Waals surface area contributed by atoms with E-state index in [2.05, 4.69) is 5.32 Å². The van der Waals surface area contributed by atoms with Crippen molar-refractivity contribution in [2.24, 2.45) is 0 Å². The summed E-state index contributed by atoms with van der Waals surface area (Å²) < 4.78 is 11.0. The van der Waals surface area contributed by atoms with Crippen molar-refractivity contribution in [3.05, 3.63) is 83.1 Å². The Hall–Kier alpha value is -4.46. The van der Waals surface area contributed by atoms with E-state index < -0.39 is 17.8 Å². The number of hydrogen-bond donors (Lipinski definition) is 1. The van der Waals surface area contributed by atoms with Gasteiger partial charge in [-0.15, -0.1) is 0 Å². The fourth-order valence-electron chi connectivity index (χ4n) is 3.55. The first-order chi connectivity index (χ1) is 16.9. The second-order valence-corrected chi connectivity index (χ2v) is 8.07. The molecule has 8 heteroatoms. The van der Waals surface area contributed by atoms with Crippen LogP contribution in [0.2, 0.25) is 0 Å². The van der Waals surface area contributed by atoms with Crippen LogP contribution in [0.15, 0.2) is 70.7 Å². The summed E-state index contributed by atoms with van der Waals surface area (Å²) in [6.07, 6.45) is 3.05. The number of amides is 4. The molecule has 35 heavy (non-hydrogen) atoms. The molecule has 8 nitrogen and oxygen atoms in total. The molecule has 4 rings (SSSR count). The van der Waals surface area contributed by atoms with Crippen LogP contribution >= 0.6 is 0 Å². The number of anilines is 1. The highest BCUT2D eigenvalue weighted by atomic mass is 16.5. The molecule has 4 amide bonds. The van der Waals surface area contributed by atoms with Crippen molar-refractivity contribution in [1.82, 2.24) is 5.32 Å². The largest absolute Gasteiger partial charge is 0.462 e. The summed E-state index contributed by atoms with van der Waals surface area (Å²) in [4.78, 5) is 50.8. The van der Waals surface area contributed by atoms with Crippen LogP contribution in [0.5, 0.6) is 0 Å². The zero-order chi connectivity index (χ0) is 24.9. The SMILES string of the molecule is CCCCOC(=O)c1ccc(-c2ccc(/C=C3\C(=O)NC(=O)N(c4cccc(C)c4)C3=O)o2)cc1. The number of rotatable bonds is 7. The molecule has 178 valence electrons. The zero-order valence-electron chi connectivity index (χ0n) is 19.4. The number of carbonyl (C=O) groups is 4. The topological polar surface area (TPSA) is 106 Å². The molecule has 0 spiro atoms. The summed E-state index contributed by atoms with van der Waals surface area (Å²) in [5, 5.41) is 2.20. The molecule has 1 saturated heterocycles. The minimum Gasteiger partial charge on any atom is -0.462 e. The molecule has 2 heterocycles. The van der Waals surface area contributed by atoms with E-state index in [1.54, 1.807) is 54.6 Å². The van der Waals surface area contributed by atoms with Crippen molar-refractivity contribution < 1.29 is 28.3 Å². The molecule has 2 aromatic carbocycles. The van der Waals surface area contributed by atoms with Gasteiger partial charge in [-0.2, -0.15) is 0 Å². The third kappa shape index (κ3) is 5.22. The predicted octanol–water partition coefficient (Wildman–Crippen LogP) is 4.88. The fraction of sp³-hybridized carbons (Fsp3) is 0.185. The van der Waals surface area contributed by atoms with Gasteiger partial charge in [0.25, 0.3) is 11.8 Å². The smallest absolute Gasteiger partial charge is 0.338 e. The van der Waals surface area contributed by atoms with Gasteiger partial charge < -0.3 is 9.15 Å². The van der Waals surface area contributed by atoms with Gasteiger partial charge in [0.15, 0.2) is 0 Å². The predicted molar refractivity (Wildman–Crippen MR) is 130 cm³/mol. The first-order valence-electron chi connectivity index (χ1n) is 11.2. The molecule has 1 aliphatic heterocycles. The van der Waals surface area contributed by atoms with Gasteiger partial charge >= 0.3 is 12.0 Å². The number of imide groups is 2. The molecule has 0 saturated carbocycles. The van der Waals surface area contributed by atoms with E-state index in [0.717, 1.165) is 23.3 Å². The van der Waals surface area contributed by atoms with Crippen molar-refractivity contribution in [2.75, 3.05) is 11.5 Å². The van der Waals surface area contributed by atoms with Crippen molar-refractivity contribution in [1.29, 1.82) is 0 Å². The average Bonchev–Trinajstić information content (AvgIpc) is 3.31. The number of ether oxygens (including phenoxy) is 1. The molecule has 0 atom stereocenters. The molecule has 3 aromatic rings. The van der Waals surface area contributed by atoms with Crippen LogP contribution in [0.4, 0.5) is 10.5 Å². The number of nitrogens with zero attached hydrogens (tertiary/aromatic N) is 1. The third-order valence-corrected chi connectivity index (χ3v) is 5.41. The van der Waals surface area contributed by atoms with Gasteiger partial charge in [0.05, 0.1) is 17.9 Å². The zero-order valence-corrected chi connectivity index (χ0v) is 19.4. The highest BCUT2D eigenvalue weighted by Gasteiger charge is 2.37. The van der Waals surface area contributed by atoms with Crippen LogP contribution < -0.4 is 10.2 Å². The lowest BCUT2D eigenvalue weighted by atomic mass is 10.1. The molecule has 0 bridgehead atoms. The molecule has 0 radical (unpaired) electrons. The first kappa shape index (κ1) is 23.7. The van der Waals surface area contributed by atoms with Gasteiger partial charge in [0, 0.05) is 5.56 Å². The Bertz CT molecular complexity index is 1320. The van der Waals surface area contributed by atoms with Crippen molar-refractivity contribution in [3.8, 4) is 11.3 Å². The number of nitrogens with one attached hydrogen (secondary N) is 1. The maximum Gasteiger partial charge on any atom is 0.338 e. The average molecular weight is 472 g/mol. The summed E-state index contributed by atoms with van der Waals surface area (Å²) in [7, 11) is 0. The number of barbiturate groups is 1. The maximum atomic E-state index is 13.0. The van der Waals surface area contributed by atoms with Crippen LogP contribution in [0.1, 0.15) is 41.4 Å². The van der Waals surface area contributed by atoms with Gasteiger partial charge in [0.1, 0.15) is 17.1 Å². The van der Waals surface area contributed by atoms with E-state index in [-0.39, 0.29) is 17.3 Å². The Morgan fingerprint density at radius 3 is 2.54 bits per heavy atom. The lowest BCUT2D eigenvalue weighted by molar-refractivity contribution is -0.122. The number of hydrogen-bond acceptors (Lipinski definition) is 6. The lowest BCUT2D eigenvalue weighted by Gasteiger charge is -2.26. The number of unbranched alkanes of at least 4 members (excludes halogenated alkanes) is 1. The van der Waals surface area contributed by atoms with E-state index in [0.29, 0.717) is 29.2 Å². The highest BCUT2D eigenvalue weighted by Crippen LogP contribution is 2.26. The van der Waals surface area contributed by atoms with E-state index in [4.69, 9.17) is 9.15 Å². The number of urea groups is 1. The second-order valence-electron chi connectivity index (χ2n) is 8.07. The van der Waals surface area contributed by atoms with Crippen LogP contribution in [-0.4, -0.2) is 30.4 Å². The van der Waals surface area contributed by atoms with Crippen LogP contribution in [0.25, 0.3) is 17.4 Å². The van der Waals surface area contributed by atoms with Gasteiger partial charge in [-0.05, 0) is 61.4 Å². The quantitative estimate of drug-likeness (QED) is 0.227. The summed E-state index contributed by atoms with van der Waals surface area (Å²) in [6.45, 7) is 4.24. The number of carbonyl (C=O) groups excluding carboxylic acids is 4. The van der Waals surface area contributed by atoms with Gasteiger partial charge in [-0.3, -0.25) is 14.9 Å². The Morgan fingerprint density at radius 2 is 1.83 bits per heavy atom. The standard InChI is InChI=1S/C27H24N2O6/c1-3-4-14-34-26(32)19-10-8-18(9-11-19)23-13-12-21(35-23)16-22-24(30)28-27(33)29(25(22)31)20-7-5-6-17(2)15-20/h5-13,15-16H,3-4,14H2,1-2H3,(H,28,30,33)/b22-16+. The molecular formula is C27H24N2O6. The summed E-state index contributed by atoms with van der Waals surface area (Å²) in [5.74, 6) is -1.18. The van der Waals surface area contributed by atoms with Gasteiger partial charge in [0.2, 0.25) is 0 Å². The molecule has 0 aliphatic carbocycles. The lowest BCUT2D eigenvalue weighted by Crippen LogP contribution is -2.54. The van der Waals surface area contributed by atoms with Crippen molar-refractivity contribution >= 4 is 35.6 Å². The van der Waals surface area contributed by atoms with Gasteiger partial charge in [-0.25, -0.2) is 14.5 Å². The molecule has 1 N–H and O–H groups in total. The molecular weight excluding hydrogens is 448 g/mol. The highest BCUT2D eigenvalue weighted by molar-refractivity contribution is 6.39. The minimum absolute atomic E-state index is 0.225. The minimum atomic E-state index is -0.809. The third-order valence-electron chi connectivity index (χ3n) is 5.41. The monoisotopic (exact) mass is 472 g/mol. The normalized spacial score (nSPS) is 14.9. The summed E-state index contributed by atoms with van der Waals surface area (Å²) in [5.41, 5.74) is 2.14. The van der Waals surface area contributed by atoms with E-state index >= 15 is 0 Å². The van der Waals surface area contributed by atoms with Crippen LogP contribution in [-0.2, 0) is 14.3 Å². The second kappa shape index (κ2) is 10.2. The van der Waals surface area contributed by atoms with E-state index in [1.807, 2.05) is 19.9 Å². The number of aryl methyl sites for hydroxylation is 1. The molecule has 1 fully saturated rings. The molecule has 0 unspecified atom stereocenters. The molecule has 1 aliphatic rings. The van der Waals surface area contributed by atoms with Crippen molar-refractivity contribution in [2.45, 2.75) is 26.7 Å². The van der Waals surface area contributed by atoms with Crippen LogP contribution in [0.3, 0.4) is 0 Å². The van der Waals surface area contributed by atoms with Gasteiger partial charge in [-0.1, -0.05) is 37.6 Å². The summed E-state index contributed by atoms with van der Waals surface area (Å²) >= 11 is 0. The number of furan rings is 1. The molecule has 1 aromatic heterocycles. The number of benzene rings is 2. The maximum absolute atomic E-state index is 13.0. The first-order valence-corrected chi connectivity index (χ1v) is 11.2. The van der Waals surface area contributed by atoms with Crippen molar-refractivity contribution in [3.63, 3.8) is 0 Å². The van der Waals surface area contributed by atoms with Crippen LogP contribution in [0, 0.1) is 6.92 Å². The van der Waals surface area contributed by atoms with E-state index in [9.17, 15) is 19.2 Å². The number of esters is 1. The fourth-order valence-corrected chi connectivity index (χ4v) is 3.55. The Morgan fingerprint density at radius 1 is 1.06 bits per heavy atom. The summed E-state index contributed by atoms with van der Waals surface area (Å²) in [6, 6.07) is 16.1. The Balaban J connectivity index is 1.54. The van der Waals surface area contributed by atoms with E-state index in [1.165, 1.54) is 6.08 Å². The Labute approximate surface area is 202 Å². The Kier molecular flexibility index (Phi) is 6.91.